The molecule has 1 saturated heterocycles. The molecule has 0 spiro atoms. The molecule has 120 valence electrons. The molecule has 23 heavy (non-hydrogen) atoms. The van der Waals surface area contributed by atoms with Gasteiger partial charge in [-0.15, -0.1) is 0 Å². The van der Waals surface area contributed by atoms with Crippen LogP contribution in [0, 0.1) is 0 Å². The smallest absolute Gasteiger partial charge is 0.219 e. The second-order valence-corrected chi connectivity index (χ2v) is 5.87. The summed E-state index contributed by atoms with van der Waals surface area (Å²) >= 11 is 0. The number of hydrogen-bond donors (Lipinski definition) is 0. The third kappa shape index (κ3) is 3.56. The van der Waals surface area contributed by atoms with Gasteiger partial charge in [-0.2, -0.15) is 0 Å². The maximum atomic E-state index is 12.0. The number of pyridine rings is 1. The second-order valence-electron chi connectivity index (χ2n) is 5.87. The average Bonchev–Trinajstić information content (AvgIpc) is 2.59. The van der Waals surface area contributed by atoms with Gasteiger partial charge in [-0.05, 0) is 36.6 Å². The molecule has 1 aromatic carbocycles. The van der Waals surface area contributed by atoms with Crippen LogP contribution < -0.4 is 0 Å². The van der Waals surface area contributed by atoms with Crippen molar-refractivity contribution in [2.24, 2.45) is 0 Å². The number of nitrogens with zero attached hydrogens (tertiary/aromatic N) is 2. The number of hydrogen-bond acceptors (Lipinski definition) is 4. The fraction of sp³-hybridized carbons (Fsp3) is 0.389. The van der Waals surface area contributed by atoms with Gasteiger partial charge in [-0.3, -0.25) is 9.59 Å². The van der Waals surface area contributed by atoms with Crippen molar-refractivity contribution >= 4 is 23.1 Å². The fourth-order valence-electron chi connectivity index (χ4n) is 3.05. The topological polar surface area (TPSA) is 59.5 Å². The van der Waals surface area contributed by atoms with Crippen molar-refractivity contribution in [2.45, 2.75) is 32.4 Å². The van der Waals surface area contributed by atoms with Gasteiger partial charge in [0.1, 0.15) is 5.69 Å². The molecule has 0 atom stereocenters. The zero-order valence-corrected chi connectivity index (χ0v) is 13.2. The minimum Gasteiger partial charge on any atom is -0.381 e. The molecular formula is C18H20N2O3. The molecule has 2 aromatic rings. The quantitative estimate of drug-likeness (QED) is 0.814. The lowest BCUT2D eigenvalue weighted by Crippen LogP contribution is -2.41. The minimum atomic E-state index is 0.0893. The standard InChI is InChI=1S/C18H20N2O3/c1-13(22)20(17-6-8-23-9-7-17)11-14-2-5-18-15(10-14)3-4-16(12-21)19-18/h2-5,10,12,17H,6-9,11H2,1H3. The minimum absolute atomic E-state index is 0.0893. The molecule has 5 heteroatoms. The summed E-state index contributed by atoms with van der Waals surface area (Å²) in [5.41, 5.74) is 2.29. The highest BCUT2D eigenvalue weighted by Crippen LogP contribution is 2.20. The van der Waals surface area contributed by atoms with E-state index in [0.717, 1.165) is 35.6 Å². The molecule has 0 aliphatic carbocycles. The summed E-state index contributed by atoms with van der Waals surface area (Å²) in [6, 6.07) is 9.75. The van der Waals surface area contributed by atoms with Crippen LogP contribution in [0.15, 0.2) is 30.3 Å². The zero-order chi connectivity index (χ0) is 16.2. The molecule has 0 unspecified atom stereocenters. The van der Waals surface area contributed by atoms with Crippen LogP contribution in [0.3, 0.4) is 0 Å². The molecule has 0 bridgehead atoms. The van der Waals surface area contributed by atoms with Crippen LogP contribution in [0.4, 0.5) is 0 Å². The predicted molar refractivity (Wildman–Crippen MR) is 87.2 cm³/mol. The molecule has 5 nitrogen and oxygen atoms in total. The number of benzene rings is 1. The lowest BCUT2D eigenvalue weighted by atomic mass is 10.0. The van der Waals surface area contributed by atoms with Gasteiger partial charge in [0.25, 0.3) is 0 Å². The van der Waals surface area contributed by atoms with Crippen LogP contribution in [-0.2, 0) is 16.1 Å². The molecule has 3 rings (SSSR count). The number of carbonyl (C=O) groups excluding carboxylic acids is 2. The summed E-state index contributed by atoms with van der Waals surface area (Å²) in [6.45, 7) is 3.63. The van der Waals surface area contributed by atoms with Crippen molar-refractivity contribution in [1.82, 2.24) is 9.88 Å². The molecule has 0 radical (unpaired) electrons. The van der Waals surface area contributed by atoms with E-state index in [9.17, 15) is 9.59 Å². The number of fused-ring (bicyclic) bond motifs is 1. The summed E-state index contributed by atoms with van der Waals surface area (Å²) in [7, 11) is 0. The number of amides is 1. The molecule has 1 aromatic heterocycles. The van der Waals surface area contributed by atoms with Gasteiger partial charge in [-0.1, -0.05) is 12.1 Å². The number of ether oxygens (including phenoxy) is 1. The first-order valence-electron chi connectivity index (χ1n) is 7.87. The van der Waals surface area contributed by atoms with Gasteiger partial charge < -0.3 is 9.64 Å². The van der Waals surface area contributed by atoms with Gasteiger partial charge in [0, 0.05) is 38.1 Å². The lowest BCUT2D eigenvalue weighted by Gasteiger charge is -2.33. The summed E-state index contributed by atoms with van der Waals surface area (Å²) in [4.78, 5) is 29.0. The van der Waals surface area contributed by atoms with E-state index in [4.69, 9.17) is 4.74 Å². The SMILES string of the molecule is CC(=O)N(Cc1ccc2nc(C=O)ccc2c1)C1CCOCC1. The first-order valence-corrected chi connectivity index (χ1v) is 7.87. The van der Waals surface area contributed by atoms with E-state index in [1.807, 2.05) is 29.2 Å². The van der Waals surface area contributed by atoms with Crippen molar-refractivity contribution < 1.29 is 14.3 Å². The van der Waals surface area contributed by atoms with E-state index in [1.165, 1.54) is 0 Å². The Bertz CT molecular complexity index is 723. The van der Waals surface area contributed by atoms with Crippen LogP contribution in [0.25, 0.3) is 10.9 Å². The van der Waals surface area contributed by atoms with E-state index in [0.29, 0.717) is 25.5 Å². The van der Waals surface area contributed by atoms with E-state index < -0.39 is 0 Å². The van der Waals surface area contributed by atoms with E-state index in [2.05, 4.69) is 4.98 Å². The molecular weight excluding hydrogens is 292 g/mol. The third-order valence-electron chi connectivity index (χ3n) is 4.28. The van der Waals surface area contributed by atoms with Gasteiger partial charge in [0.05, 0.1) is 5.52 Å². The number of aromatic nitrogens is 1. The van der Waals surface area contributed by atoms with Crippen molar-refractivity contribution in [1.29, 1.82) is 0 Å². The first-order chi connectivity index (χ1) is 11.2. The van der Waals surface area contributed by atoms with Crippen molar-refractivity contribution in [2.75, 3.05) is 13.2 Å². The van der Waals surface area contributed by atoms with Crippen LogP contribution in [0.5, 0.6) is 0 Å². The Morgan fingerprint density at radius 2 is 2.09 bits per heavy atom. The maximum Gasteiger partial charge on any atom is 0.219 e. The molecule has 1 aliphatic rings. The fourth-order valence-corrected chi connectivity index (χ4v) is 3.05. The zero-order valence-electron chi connectivity index (χ0n) is 13.2. The molecule has 2 heterocycles. The number of carbonyl (C=O) groups is 2. The summed E-state index contributed by atoms with van der Waals surface area (Å²) in [5, 5.41) is 0.976. The Balaban J connectivity index is 1.83. The average molecular weight is 312 g/mol. The first kappa shape index (κ1) is 15.6. The Hall–Kier alpha value is -2.27. The van der Waals surface area contributed by atoms with Crippen LogP contribution in [0.1, 0.15) is 35.8 Å². The van der Waals surface area contributed by atoms with E-state index in [-0.39, 0.29) is 11.9 Å². The van der Waals surface area contributed by atoms with Crippen molar-refractivity contribution in [3.8, 4) is 0 Å². The molecule has 0 saturated carbocycles. The predicted octanol–water partition coefficient (Wildman–Crippen LogP) is 2.57. The van der Waals surface area contributed by atoms with Crippen molar-refractivity contribution in [3.05, 3.63) is 41.6 Å². The largest absolute Gasteiger partial charge is 0.381 e. The second kappa shape index (κ2) is 6.87. The summed E-state index contributed by atoms with van der Waals surface area (Å²) in [5.74, 6) is 0.0893. The highest BCUT2D eigenvalue weighted by atomic mass is 16.5. The molecule has 1 fully saturated rings. The van der Waals surface area contributed by atoms with Gasteiger partial charge in [0.2, 0.25) is 5.91 Å². The monoisotopic (exact) mass is 312 g/mol. The third-order valence-corrected chi connectivity index (χ3v) is 4.28. The Kier molecular flexibility index (Phi) is 4.67. The Labute approximate surface area is 135 Å². The van der Waals surface area contributed by atoms with E-state index in [1.54, 1.807) is 13.0 Å². The van der Waals surface area contributed by atoms with Crippen molar-refractivity contribution in [3.63, 3.8) is 0 Å². The molecule has 0 N–H and O–H groups in total. The molecule has 1 aliphatic heterocycles. The lowest BCUT2D eigenvalue weighted by molar-refractivity contribution is -0.133. The number of aldehydes is 1. The van der Waals surface area contributed by atoms with Crippen LogP contribution in [-0.4, -0.2) is 41.3 Å². The van der Waals surface area contributed by atoms with Crippen LogP contribution >= 0.6 is 0 Å². The summed E-state index contributed by atoms with van der Waals surface area (Å²) < 4.78 is 5.38. The Morgan fingerprint density at radius 3 is 2.78 bits per heavy atom. The maximum absolute atomic E-state index is 12.0. The Morgan fingerprint density at radius 1 is 1.30 bits per heavy atom. The summed E-state index contributed by atoms with van der Waals surface area (Å²) in [6.07, 6.45) is 2.52. The highest BCUT2D eigenvalue weighted by molar-refractivity contribution is 5.84. The van der Waals surface area contributed by atoms with Crippen LogP contribution in [0.2, 0.25) is 0 Å². The number of rotatable bonds is 4. The van der Waals surface area contributed by atoms with Gasteiger partial charge in [-0.25, -0.2) is 4.98 Å². The van der Waals surface area contributed by atoms with E-state index >= 15 is 0 Å². The van der Waals surface area contributed by atoms with Gasteiger partial charge in [0.15, 0.2) is 6.29 Å². The molecule has 1 amide bonds. The van der Waals surface area contributed by atoms with Gasteiger partial charge >= 0.3 is 0 Å². The normalized spacial score (nSPS) is 15.5. The highest BCUT2D eigenvalue weighted by Gasteiger charge is 2.23.